The van der Waals surface area contributed by atoms with Crippen LogP contribution in [0.3, 0.4) is 0 Å². The van der Waals surface area contributed by atoms with E-state index in [1.165, 1.54) is 81.6 Å². The number of nitrogens with two attached hydrogens (primary N) is 1. The second-order valence-electron chi connectivity index (χ2n) is 33.4. The molecule has 9 atom stereocenters. The predicted molar refractivity (Wildman–Crippen MR) is 463 cm³/mol. The van der Waals surface area contributed by atoms with Gasteiger partial charge in [-0.1, -0.05) is 69.6 Å². The van der Waals surface area contributed by atoms with E-state index in [9.17, 15) is 28.4 Å². The number of nitrogens with zero attached hydrogens (tertiary/aromatic N) is 21. The highest BCUT2D eigenvalue weighted by Gasteiger charge is 2.59. The highest BCUT2D eigenvalue weighted by atomic mass is 35.5. The first-order valence-corrected chi connectivity index (χ1v) is 41.8. The number of anilines is 3. The quantitative estimate of drug-likeness (QED) is 0.0517. The fourth-order valence-corrected chi connectivity index (χ4v) is 18.5. The number of aliphatic imine (C=N–C) groups is 3. The molecule has 4 N–H and O–H groups in total. The van der Waals surface area contributed by atoms with Crippen LogP contribution in [0.1, 0.15) is 150 Å². The number of carbonyl (C=O) groups excluding carboxylic acids is 2. The van der Waals surface area contributed by atoms with E-state index in [1.807, 2.05) is 0 Å². The maximum Gasteiger partial charge on any atom is 0.412 e. The van der Waals surface area contributed by atoms with Gasteiger partial charge in [-0.2, -0.15) is 22.8 Å². The zero-order valence-electron chi connectivity index (χ0n) is 67.1. The molecule has 42 heteroatoms. The number of nitrogen functional groups attached to an aromatic ring is 1. The summed E-state index contributed by atoms with van der Waals surface area (Å²) < 4.78 is 95.8. The number of rotatable bonds is 14. The molecule has 6 aromatic heterocycles. The van der Waals surface area contributed by atoms with Gasteiger partial charge in [-0.25, -0.2) is 47.7 Å². The molecule has 9 aliphatic rings. The van der Waals surface area contributed by atoms with Gasteiger partial charge in [0.25, 0.3) is 16.7 Å². The molecule has 3 fully saturated rings. The van der Waals surface area contributed by atoms with E-state index in [4.69, 9.17) is 99.8 Å². The Labute approximate surface area is 744 Å². The second kappa shape index (κ2) is 31.9. The lowest BCUT2D eigenvalue weighted by Crippen LogP contribution is -2.30. The lowest BCUT2D eigenvalue weighted by atomic mass is 9.97. The summed E-state index contributed by atoms with van der Waals surface area (Å²) in [5.41, 5.74) is 10.9. The van der Waals surface area contributed by atoms with Crippen LogP contribution in [0.4, 0.5) is 48.6 Å². The van der Waals surface area contributed by atoms with E-state index in [-0.39, 0.29) is 126 Å². The molecule has 3 saturated carbocycles. The molecule has 6 aromatic carbocycles. The summed E-state index contributed by atoms with van der Waals surface area (Å²) in [4.78, 5) is 92.7. The highest BCUT2D eigenvalue weighted by molar-refractivity contribution is 6.35. The fraction of sp³-hybridized carbons (Fsp3) is 0.271. The van der Waals surface area contributed by atoms with Crippen molar-refractivity contribution in [3.63, 3.8) is 0 Å². The molecule has 12 heterocycles. The third-order valence-electron chi connectivity index (χ3n) is 23.0. The molecule has 0 bridgehead atoms. The van der Waals surface area contributed by atoms with Crippen LogP contribution in [0, 0.1) is 35.2 Å². The van der Waals surface area contributed by atoms with Gasteiger partial charge in [-0.05, 0) is 206 Å². The van der Waals surface area contributed by atoms with Crippen LogP contribution in [0.25, 0.3) is 67.6 Å². The molecule has 12 aromatic rings. The van der Waals surface area contributed by atoms with Gasteiger partial charge in [0.15, 0.2) is 17.5 Å². The second-order valence-corrected chi connectivity index (χ2v) is 35.9. The molecule has 21 rings (SSSR count). The molecule has 31 nitrogen and oxygen atoms in total. The Hall–Kier alpha value is -12.9. The van der Waals surface area contributed by atoms with Crippen molar-refractivity contribution >= 4 is 133 Å². The summed E-state index contributed by atoms with van der Waals surface area (Å²) in [5, 5.41) is 39.5. The molecular formula is C85H65Cl6F5N24O7. The fourth-order valence-electron chi connectivity index (χ4n) is 17.4. The number of amides is 2. The number of halogens is 11. The number of allylic oxidation sites excluding steroid dienone is 3. The zero-order chi connectivity index (χ0) is 89.0. The van der Waals surface area contributed by atoms with Crippen molar-refractivity contribution in [1.29, 1.82) is 0 Å². The Bertz CT molecular complexity index is 7090. The number of hydrogen-bond acceptors (Lipinski definition) is 23. The van der Waals surface area contributed by atoms with Gasteiger partial charge in [-0.3, -0.25) is 43.7 Å². The highest BCUT2D eigenvalue weighted by Crippen LogP contribution is 2.63. The molecule has 0 unspecified atom stereocenters. The summed E-state index contributed by atoms with van der Waals surface area (Å²) in [6, 6.07) is 27.1. The summed E-state index contributed by atoms with van der Waals surface area (Å²) in [6.07, 6.45) is 7.15. The Balaban J connectivity index is 0.000000125. The smallest absolute Gasteiger partial charge is 0.412 e. The first-order chi connectivity index (χ1) is 60.7. The minimum Gasteiger partial charge on any atom is -0.444 e. The van der Waals surface area contributed by atoms with E-state index in [2.05, 4.69) is 72.2 Å². The van der Waals surface area contributed by atoms with Gasteiger partial charge in [0.2, 0.25) is 11.9 Å². The standard InChI is InChI=1S/C30H24Cl2F2N8O3.C30H25Cl2FN8O3.C25H16Cl2F2N8O/c1-30(2,3)45-29(44)38-19-6-5-14(25(33)24(19)32)16-10-21(36-27(16)34)26-15-9-17(15)28-37-20(11-23(43)42(26)28)18-8-13(31)4-7-22(18)41-12-35-39-40-41;1-30(2,3)44-29(43)37-20-6-5-16(26(33)25(20)32)14-8-22(34-12-14)27-17-10-18(17)28-36-21(11-24(42)41(27)28)19-9-15(31)4-7-23(19)40-13-35-38-39-40;26-10-1-4-19(36-9-31-34-35-36)15(5-10)17-8-20(38)37-23(12-6-14(12)25(37)33-17)18-7-13(24(29)32-18)11-2-3-16(30)21(27)22(11)28/h4-8,11-12,15,17,26H,9-10H2,1-3H3,(H,38,44);4-7,9,11-13,17-18,27H,8,10H2,1-3H3,(H,37,43);1-5,8-9,12,14,23H,6-7,30H2/t15-,17+,26-;17-,18+,27-;12-,14+,23-/m000/s1. The summed E-state index contributed by atoms with van der Waals surface area (Å²) in [7, 11) is 0. The lowest BCUT2D eigenvalue weighted by molar-refractivity contribution is 0.0624. The summed E-state index contributed by atoms with van der Waals surface area (Å²) in [5.74, 6) is -1.85. The van der Waals surface area contributed by atoms with Gasteiger partial charge in [0.1, 0.15) is 57.7 Å². The maximum atomic E-state index is 15.5. The maximum absolute atomic E-state index is 15.5. The Morgan fingerprint density at radius 3 is 1.17 bits per heavy atom. The van der Waals surface area contributed by atoms with Gasteiger partial charge in [-0.15, -0.1) is 15.3 Å². The molecule has 0 saturated heterocycles. The first-order valence-electron chi connectivity index (χ1n) is 39.6. The normalized spacial score (nSPS) is 20.5. The number of ether oxygens (including phenoxy) is 2. The van der Waals surface area contributed by atoms with Gasteiger partial charge in [0, 0.05) is 138 Å². The lowest BCUT2D eigenvalue weighted by Gasteiger charge is -2.20. The molecular weight excluding hydrogens is 1780 g/mol. The van der Waals surface area contributed by atoms with Gasteiger partial charge >= 0.3 is 12.2 Å². The SMILES string of the molecule is CC(C)(C)OC(=O)Nc1ccc(C2=C(F)N=C([C@@H]3[C@H]4C[C@H]4c4nc(-c5cc(Cl)ccc5-n5cnnn5)cc(=O)n43)C2)c(F)c1Cl.CC(C)(C)OC(=O)Nc1ccc(C2=CN=C([C@@H]3[C@H]4C[C@H]4c4nc(-c5cc(Cl)ccc5-n5cnnn5)cc(=O)n43)C2)c(F)c1Cl.Nc1ccc(C2=C(F)N=C([C@@H]3[C@H]4C[C@H]4c4nc(-c5cc(Cl)ccc5-n5cnnn5)cc(=O)n43)C2)c(F)c1Cl. The monoisotopic (exact) mass is 1840 g/mol. The van der Waals surface area contributed by atoms with Crippen molar-refractivity contribution in [2.45, 2.75) is 127 Å². The number of tetrazole rings is 3. The number of fused-ring (bicyclic) bond motifs is 9. The van der Waals surface area contributed by atoms with Crippen LogP contribution in [0.5, 0.6) is 0 Å². The topological polar surface area (TPSA) is 375 Å². The average molecular weight is 1840 g/mol. The molecule has 6 aliphatic heterocycles. The van der Waals surface area contributed by atoms with Crippen molar-refractivity contribution in [3.05, 3.63) is 259 Å². The van der Waals surface area contributed by atoms with Gasteiger partial charge < -0.3 is 15.2 Å². The minimum atomic E-state index is -0.911. The third-order valence-corrected chi connectivity index (χ3v) is 24.8. The van der Waals surface area contributed by atoms with Crippen LogP contribution in [0.2, 0.25) is 30.1 Å². The van der Waals surface area contributed by atoms with Crippen LogP contribution >= 0.6 is 69.6 Å². The first kappa shape index (κ1) is 83.7. The number of hydrogen-bond donors (Lipinski definition) is 3. The van der Waals surface area contributed by atoms with E-state index in [0.717, 1.165) is 25.0 Å². The van der Waals surface area contributed by atoms with Crippen LogP contribution < -0.4 is 33.0 Å². The van der Waals surface area contributed by atoms with Crippen LogP contribution in [0.15, 0.2) is 176 Å². The number of aromatic nitrogens is 18. The predicted octanol–water partition coefficient (Wildman–Crippen LogP) is 17.5. The van der Waals surface area contributed by atoms with E-state index >= 15 is 17.6 Å². The van der Waals surface area contributed by atoms with E-state index < -0.39 is 69.8 Å². The van der Waals surface area contributed by atoms with Crippen molar-refractivity contribution in [2.75, 3.05) is 16.4 Å². The average Bonchev–Trinajstić information content (AvgIpc) is 1.55. The zero-order valence-corrected chi connectivity index (χ0v) is 71.7. The minimum absolute atomic E-state index is 0.00135. The molecule has 127 heavy (non-hydrogen) atoms. The number of nitrogens with one attached hydrogen (secondary N) is 2. The molecule has 0 radical (unpaired) electrons. The Kier molecular flexibility index (Phi) is 21.0. The molecule has 2 amide bonds. The molecule has 0 spiro atoms. The summed E-state index contributed by atoms with van der Waals surface area (Å²) in [6.45, 7) is 10.2. The molecule has 644 valence electrons. The number of benzene rings is 6. The van der Waals surface area contributed by atoms with Crippen LogP contribution in [-0.2, 0) is 9.47 Å². The van der Waals surface area contributed by atoms with Crippen molar-refractivity contribution < 1.29 is 41.0 Å². The van der Waals surface area contributed by atoms with E-state index in [0.29, 0.717) is 107 Å². The van der Waals surface area contributed by atoms with Crippen molar-refractivity contribution in [2.24, 2.45) is 32.7 Å². The van der Waals surface area contributed by atoms with Crippen LogP contribution in [-0.4, -0.2) is 130 Å². The third kappa shape index (κ3) is 15.6. The van der Waals surface area contributed by atoms with Crippen molar-refractivity contribution in [1.82, 2.24) is 89.3 Å². The molecule has 3 aliphatic carbocycles. The van der Waals surface area contributed by atoms with E-state index in [1.54, 1.807) is 122 Å². The van der Waals surface area contributed by atoms with Crippen molar-refractivity contribution in [3.8, 4) is 50.8 Å². The van der Waals surface area contributed by atoms with Gasteiger partial charge in [0.05, 0.1) is 74.4 Å². The number of carbonyl (C=O) groups is 2. The Morgan fingerprint density at radius 1 is 0.441 bits per heavy atom. The summed E-state index contributed by atoms with van der Waals surface area (Å²) >= 11 is 37.4. The Morgan fingerprint density at radius 2 is 0.795 bits per heavy atom. The largest absolute Gasteiger partial charge is 0.444 e.